The first-order chi connectivity index (χ1) is 13.3. The van der Waals surface area contributed by atoms with Crippen LogP contribution >= 0.6 is 0 Å². The summed E-state index contributed by atoms with van der Waals surface area (Å²) in [5, 5.41) is 5.51. The molecule has 2 N–H and O–H groups in total. The number of halogens is 3. The van der Waals surface area contributed by atoms with E-state index in [1.165, 1.54) is 25.3 Å². The molecule has 2 aromatic rings. The summed E-state index contributed by atoms with van der Waals surface area (Å²) < 4.78 is 49.7. The molecule has 0 fully saturated rings. The van der Waals surface area contributed by atoms with Crippen molar-refractivity contribution in [1.82, 2.24) is 5.32 Å². The Morgan fingerprint density at radius 3 is 2.43 bits per heavy atom. The second kappa shape index (κ2) is 9.45. The zero-order chi connectivity index (χ0) is 20.7. The quantitative estimate of drug-likeness (QED) is 0.701. The van der Waals surface area contributed by atoms with Crippen molar-refractivity contribution in [3.8, 4) is 11.5 Å². The van der Waals surface area contributed by atoms with E-state index < -0.39 is 17.6 Å². The third-order valence-electron chi connectivity index (χ3n) is 4.12. The highest BCUT2D eigenvalue weighted by atomic mass is 19.4. The van der Waals surface area contributed by atoms with Gasteiger partial charge in [-0.25, -0.2) is 0 Å². The molecule has 2 rings (SSSR count). The van der Waals surface area contributed by atoms with Crippen LogP contribution in [0.3, 0.4) is 0 Å². The van der Waals surface area contributed by atoms with Crippen molar-refractivity contribution in [2.45, 2.75) is 32.1 Å². The molecule has 152 valence electrons. The molecule has 0 bridgehead atoms. The van der Waals surface area contributed by atoms with Crippen molar-refractivity contribution in [3.63, 3.8) is 0 Å². The number of carbonyl (C=O) groups is 1. The van der Waals surface area contributed by atoms with Crippen LogP contribution in [0.15, 0.2) is 42.5 Å². The zero-order valence-electron chi connectivity index (χ0n) is 15.9. The smallest absolute Gasteiger partial charge is 0.418 e. The van der Waals surface area contributed by atoms with Gasteiger partial charge in [-0.05, 0) is 25.1 Å². The lowest BCUT2D eigenvalue weighted by Gasteiger charge is -2.18. The van der Waals surface area contributed by atoms with E-state index >= 15 is 0 Å². The molecule has 5 nitrogen and oxygen atoms in total. The molecule has 0 aromatic heterocycles. The van der Waals surface area contributed by atoms with Gasteiger partial charge in [-0.1, -0.05) is 24.3 Å². The van der Waals surface area contributed by atoms with Gasteiger partial charge in [0, 0.05) is 24.6 Å². The lowest BCUT2D eigenvalue weighted by Crippen LogP contribution is -2.30. The number of rotatable bonds is 8. The molecule has 0 radical (unpaired) electrons. The minimum atomic E-state index is -4.53. The Morgan fingerprint density at radius 2 is 1.79 bits per heavy atom. The van der Waals surface area contributed by atoms with Crippen LogP contribution in [0.4, 0.5) is 18.9 Å². The van der Waals surface area contributed by atoms with Gasteiger partial charge in [0.1, 0.15) is 0 Å². The van der Waals surface area contributed by atoms with Crippen molar-refractivity contribution < 1.29 is 27.4 Å². The molecule has 0 saturated carbocycles. The largest absolute Gasteiger partial charge is 0.493 e. The van der Waals surface area contributed by atoms with Gasteiger partial charge in [0.15, 0.2) is 11.5 Å². The number of amides is 1. The van der Waals surface area contributed by atoms with Gasteiger partial charge >= 0.3 is 6.18 Å². The molecule has 1 unspecified atom stereocenters. The summed E-state index contributed by atoms with van der Waals surface area (Å²) in [6.45, 7) is 2.19. The molecule has 2 aromatic carbocycles. The van der Waals surface area contributed by atoms with Crippen LogP contribution in [0.5, 0.6) is 11.5 Å². The number of hydrogen-bond acceptors (Lipinski definition) is 4. The number of anilines is 1. The Bertz CT molecular complexity index is 810. The first-order valence-electron chi connectivity index (χ1n) is 8.65. The Hall–Kier alpha value is -2.74. The number of nitrogens with one attached hydrogen (secondary N) is 2. The van der Waals surface area contributed by atoms with E-state index in [1.807, 2.05) is 12.1 Å². The lowest BCUT2D eigenvalue weighted by atomic mass is 10.1. The van der Waals surface area contributed by atoms with Crippen molar-refractivity contribution in [1.29, 1.82) is 0 Å². The van der Waals surface area contributed by atoms with Crippen molar-refractivity contribution in [3.05, 3.63) is 53.6 Å². The zero-order valence-corrected chi connectivity index (χ0v) is 15.9. The van der Waals surface area contributed by atoms with E-state index in [-0.39, 0.29) is 18.2 Å². The normalized spacial score (nSPS) is 12.4. The molecule has 0 aliphatic rings. The number of ether oxygens (including phenoxy) is 2. The summed E-state index contributed by atoms with van der Waals surface area (Å²) in [4.78, 5) is 12.2. The lowest BCUT2D eigenvalue weighted by molar-refractivity contribution is -0.137. The van der Waals surface area contributed by atoms with E-state index in [2.05, 4.69) is 10.6 Å². The van der Waals surface area contributed by atoms with Gasteiger partial charge in [-0.15, -0.1) is 0 Å². The van der Waals surface area contributed by atoms with Gasteiger partial charge in [-0.2, -0.15) is 13.2 Å². The molecule has 0 aliphatic heterocycles. The first kappa shape index (κ1) is 21.6. The third kappa shape index (κ3) is 5.63. The number of para-hydroxylation sites is 2. The molecule has 0 aliphatic carbocycles. The fourth-order valence-electron chi connectivity index (χ4n) is 2.77. The van der Waals surface area contributed by atoms with Crippen LogP contribution in [0, 0.1) is 0 Å². The van der Waals surface area contributed by atoms with Crippen molar-refractivity contribution >= 4 is 11.6 Å². The maximum absolute atomic E-state index is 13.0. The predicted octanol–water partition coefficient (Wildman–Crippen LogP) is 4.23. The SMILES string of the molecule is COc1cccc(CNC(C)CC(=O)Nc2ccccc2C(F)(F)F)c1OC. The van der Waals surface area contributed by atoms with Crippen molar-refractivity contribution in [2.24, 2.45) is 0 Å². The van der Waals surface area contributed by atoms with Crippen molar-refractivity contribution in [2.75, 3.05) is 19.5 Å². The van der Waals surface area contributed by atoms with Crippen LogP contribution < -0.4 is 20.1 Å². The van der Waals surface area contributed by atoms with Gasteiger partial charge in [0.2, 0.25) is 5.91 Å². The minimum absolute atomic E-state index is 0.0124. The van der Waals surface area contributed by atoms with Crippen LogP contribution in [0.2, 0.25) is 0 Å². The maximum Gasteiger partial charge on any atom is 0.418 e. The second-order valence-corrected chi connectivity index (χ2v) is 6.23. The van der Waals surface area contributed by atoms with Gasteiger partial charge in [-0.3, -0.25) is 4.79 Å². The molecular formula is C20H23F3N2O3. The fraction of sp³-hybridized carbons (Fsp3) is 0.350. The molecule has 1 atom stereocenters. The van der Waals surface area contributed by atoms with Crippen LogP contribution in [-0.2, 0) is 17.5 Å². The highest BCUT2D eigenvalue weighted by Crippen LogP contribution is 2.34. The number of carbonyl (C=O) groups excluding carboxylic acids is 1. The van der Waals surface area contributed by atoms with E-state index in [4.69, 9.17) is 9.47 Å². The monoisotopic (exact) mass is 396 g/mol. The highest BCUT2D eigenvalue weighted by Gasteiger charge is 2.33. The summed E-state index contributed by atoms with van der Waals surface area (Å²) >= 11 is 0. The predicted molar refractivity (Wildman–Crippen MR) is 101 cm³/mol. The van der Waals surface area contributed by atoms with Crippen LogP contribution in [-0.4, -0.2) is 26.2 Å². The standard InChI is InChI=1S/C20H23F3N2O3/c1-13(24-12-14-7-6-10-17(27-2)19(14)28-3)11-18(26)25-16-9-5-4-8-15(16)20(21,22)23/h4-10,13,24H,11-12H2,1-3H3,(H,25,26). The summed E-state index contributed by atoms with van der Waals surface area (Å²) in [5.74, 6) is 0.679. The average Bonchev–Trinajstić information content (AvgIpc) is 2.65. The Balaban J connectivity index is 1.96. The average molecular weight is 396 g/mol. The molecule has 0 saturated heterocycles. The Kier molecular flexibility index (Phi) is 7.28. The summed E-state index contributed by atoms with van der Waals surface area (Å²) in [6, 6.07) is 10.1. The first-order valence-corrected chi connectivity index (χ1v) is 8.65. The molecule has 28 heavy (non-hydrogen) atoms. The molecule has 8 heteroatoms. The highest BCUT2D eigenvalue weighted by molar-refractivity contribution is 5.92. The number of hydrogen-bond donors (Lipinski definition) is 2. The summed E-state index contributed by atoms with van der Waals surface area (Å²) in [7, 11) is 3.08. The fourth-order valence-corrected chi connectivity index (χ4v) is 2.77. The molecular weight excluding hydrogens is 373 g/mol. The Morgan fingerprint density at radius 1 is 1.07 bits per heavy atom. The second-order valence-electron chi connectivity index (χ2n) is 6.23. The van der Waals surface area contributed by atoms with Gasteiger partial charge in [0.25, 0.3) is 0 Å². The van der Waals surface area contributed by atoms with E-state index in [0.29, 0.717) is 18.0 Å². The van der Waals surface area contributed by atoms with E-state index in [0.717, 1.165) is 11.6 Å². The molecule has 1 amide bonds. The molecule has 0 spiro atoms. The summed E-state index contributed by atoms with van der Waals surface area (Å²) in [6.07, 6.45) is -4.52. The van der Waals surface area contributed by atoms with Crippen LogP contribution in [0.25, 0.3) is 0 Å². The van der Waals surface area contributed by atoms with Crippen LogP contribution in [0.1, 0.15) is 24.5 Å². The number of alkyl halides is 3. The molecule has 0 heterocycles. The number of methoxy groups -OCH3 is 2. The number of benzene rings is 2. The van der Waals surface area contributed by atoms with Gasteiger partial charge in [0.05, 0.1) is 25.5 Å². The van der Waals surface area contributed by atoms with Gasteiger partial charge < -0.3 is 20.1 Å². The Labute approximate surface area is 161 Å². The maximum atomic E-state index is 13.0. The van der Waals surface area contributed by atoms with E-state index in [9.17, 15) is 18.0 Å². The third-order valence-corrected chi connectivity index (χ3v) is 4.12. The van der Waals surface area contributed by atoms with E-state index in [1.54, 1.807) is 20.1 Å². The minimum Gasteiger partial charge on any atom is -0.493 e. The topological polar surface area (TPSA) is 59.6 Å². The summed E-state index contributed by atoms with van der Waals surface area (Å²) in [5.41, 5.74) is -0.275.